The average Bonchev–Trinajstić information content (AvgIpc) is 4.09. The highest BCUT2D eigenvalue weighted by atomic mass is 32.2. The number of nitrogens with one attached hydrogen (secondary N) is 3. The number of hydrogen-bond acceptors (Lipinski definition) is 11. The molecule has 0 spiro atoms. The summed E-state index contributed by atoms with van der Waals surface area (Å²) in [6.45, 7) is 4.87. The molecule has 59 heavy (non-hydrogen) atoms. The fourth-order valence-corrected chi connectivity index (χ4v) is 8.48. The molecule has 3 N–H and O–H groups in total. The molecule has 2 saturated carbocycles. The number of sulfonamides is 1. The number of pyridine rings is 1. The number of benzene rings is 1. The normalized spacial score (nSPS) is 23.6. The molecule has 6 unspecified atom stereocenters. The molecule has 6 atom stereocenters. The Morgan fingerprint density at radius 1 is 1.08 bits per heavy atom. The monoisotopic (exact) mass is 857 g/mol. The van der Waals surface area contributed by atoms with Crippen molar-refractivity contribution in [2.45, 2.75) is 119 Å². The number of aromatic nitrogens is 1. The highest BCUT2D eigenvalue weighted by Crippen LogP contribution is 2.48. The number of ether oxygens (including phenoxy) is 4. The highest BCUT2D eigenvalue weighted by molar-refractivity contribution is 7.91. The Hall–Kier alpha value is -4.72. The lowest BCUT2D eigenvalue weighted by Gasteiger charge is -2.34. The van der Waals surface area contributed by atoms with E-state index in [1.807, 2.05) is 11.6 Å². The lowest BCUT2D eigenvalue weighted by molar-refractivity contribution is -0.244. The van der Waals surface area contributed by atoms with Crippen LogP contribution in [0.1, 0.15) is 73.1 Å². The molecule has 20 heteroatoms. The number of halogens is 4. The molecule has 0 bridgehead atoms. The third-order valence-electron chi connectivity index (χ3n) is 11.0. The fraction of sp³-hybridized carbons (Fsp3) is 0.615. The van der Waals surface area contributed by atoms with Gasteiger partial charge in [0, 0.05) is 29.7 Å². The number of allylic oxidation sites excluding steroid dienone is 1. The number of fused-ring (bicyclic) bond motifs is 1. The van der Waals surface area contributed by atoms with E-state index in [2.05, 4.69) is 15.6 Å². The van der Waals surface area contributed by atoms with E-state index >= 15 is 0 Å². The summed E-state index contributed by atoms with van der Waals surface area (Å²) in [5.41, 5.74) is -4.74. The zero-order chi connectivity index (χ0) is 43.6. The van der Waals surface area contributed by atoms with Crippen molar-refractivity contribution >= 4 is 44.6 Å². The highest BCUT2D eigenvalue weighted by Gasteiger charge is 2.64. The van der Waals surface area contributed by atoms with Gasteiger partial charge in [-0.3, -0.25) is 19.1 Å². The van der Waals surface area contributed by atoms with Gasteiger partial charge in [-0.05, 0) is 58.9 Å². The standard InChI is InChI=1S/C39H51F4N5O10S/c1-7-10-13-23-19-38(23,34(51)47-59(53,54)37(22-40)16-17-37)46-31(49)27-18-24(57-32-26-15-12-11-14-25(26)29(55-6)20-44-32)21-48(27)33(50)30(28(8-2)56-9-3)45-35(52)58-36(4,5)39(41,42)43/h10-15,20,23-24,27-28,30H,7-9,16-19,21-22H2,1-6H3,(H,45,52)(H,46,49)(H,47,51). The second kappa shape index (κ2) is 17.5. The van der Waals surface area contributed by atoms with E-state index < -0.39 is 92.8 Å². The number of alkyl halides is 4. The van der Waals surface area contributed by atoms with Crippen molar-refractivity contribution in [3.63, 3.8) is 0 Å². The summed E-state index contributed by atoms with van der Waals surface area (Å²) in [6.07, 6.45) is -3.34. The molecule has 1 aromatic carbocycles. The van der Waals surface area contributed by atoms with Crippen molar-refractivity contribution in [2.24, 2.45) is 5.92 Å². The maximum Gasteiger partial charge on any atom is 0.427 e. The third kappa shape index (κ3) is 9.37. The van der Waals surface area contributed by atoms with Gasteiger partial charge < -0.3 is 34.5 Å². The molecule has 1 aromatic heterocycles. The van der Waals surface area contributed by atoms with Crippen molar-refractivity contribution in [3.8, 4) is 11.6 Å². The predicted octanol–water partition coefficient (Wildman–Crippen LogP) is 4.63. The van der Waals surface area contributed by atoms with Crippen molar-refractivity contribution in [1.82, 2.24) is 25.2 Å². The summed E-state index contributed by atoms with van der Waals surface area (Å²) in [7, 11) is -3.01. The Balaban J connectivity index is 1.50. The Labute approximate surface area is 340 Å². The first-order chi connectivity index (χ1) is 27.7. The van der Waals surface area contributed by atoms with Crippen LogP contribution in [-0.2, 0) is 33.9 Å². The largest absolute Gasteiger partial charge is 0.494 e. The van der Waals surface area contributed by atoms with Crippen molar-refractivity contribution in [1.29, 1.82) is 0 Å². The molecular weight excluding hydrogens is 807 g/mol. The van der Waals surface area contributed by atoms with Crippen LogP contribution < -0.4 is 24.8 Å². The number of nitrogens with zero attached hydrogens (tertiary/aromatic N) is 2. The molecule has 3 fully saturated rings. The van der Waals surface area contributed by atoms with E-state index in [0.717, 1.165) is 4.90 Å². The average molecular weight is 858 g/mol. The van der Waals surface area contributed by atoms with Gasteiger partial charge in [-0.25, -0.2) is 22.6 Å². The molecule has 0 radical (unpaired) electrons. The minimum absolute atomic E-state index is 0.0143. The van der Waals surface area contributed by atoms with E-state index in [-0.39, 0.29) is 51.1 Å². The van der Waals surface area contributed by atoms with Crippen LogP contribution in [0.25, 0.3) is 10.8 Å². The number of amides is 4. The van der Waals surface area contributed by atoms with Gasteiger partial charge in [-0.15, -0.1) is 0 Å². The maximum absolute atomic E-state index is 14.7. The number of methoxy groups -OCH3 is 1. The van der Waals surface area contributed by atoms with Crippen LogP contribution >= 0.6 is 0 Å². The molecular formula is C39H51F4N5O10S. The molecule has 2 aliphatic carbocycles. The van der Waals surface area contributed by atoms with Gasteiger partial charge in [0.05, 0.1) is 26.0 Å². The smallest absolute Gasteiger partial charge is 0.427 e. The van der Waals surface area contributed by atoms with Crippen molar-refractivity contribution in [2.75, 3.05) is 26.9 Å². The second-order valence-electron chi connectivity index (χ2n) is 15.4. The lowest BCUT2D eigenvalue weighted by Crippen LogP contribution is -2.61. The summed E-state index contributed by atoms with van der Waals surface area (Å²) >= 11 is 0. The van der Waals surface area contributed by atoms with Gasteiger partial charge in [-0.1, -0.05) is 44.2 Å². The summed E-state index contributed by atoms with van der Waals surface area (Å²) < 4.78 is 104. The molecule has 4 amide bonds. The van der Waals surface area contributed by atoms with Gasteiger partial charge >= 0.3 is 12.3 Å². The summed E-state index contributed by atoms with van der Waals surface area (Å²) in [6, 6.07) is 3.91. The quantitative estimate of drug-likeness (QED) is 0.140. The van der Waals surface area contributed by atoms with E-state index in [1.165, 1.54) is 13.3 Å². The van der Waals surface area contributed by atoms with Gasteiger partial charge in [0.25, 0.3) is 5.91 Å². The SMILES string of the molecule is CCC=CC1CC1(NC(=O)C1CC(Oc2ncc(OC)c3ccccc23)CN1C(=O)C(NC(=O)OC(C)(C)C(F)(F)F)C(CC)OCC)C(=O)NS(=O)(=O)C1(CF)CC1. The maximum atomic E-state index is 14.7. The zero-order valence-corrected chi connectivity index (χ0v) is 34.5. The van der Waals surface area contributed by atoms with Crippen LogP contribution in [0.5, 0.6) is 11.6 Å². The second-order valence-corrected chi connectivity index (χ2v) is 17.5. The molecule has 2 heterocycles. The lowest BCUT2D eigenvalue weighted by atomic mass is 10.1. The summed E-state index contributed by atoms with van der Waals surface area (Å²) in [5, 5.41) is 6.10. The van der Waals surface area contributed by atoms with E-state index in [9.17, 15) is 45.2 Å². The number of rotatable bonds is 18. The Morgan fingerprint density at radius 3 is 2.34 bits per heavy atom. The zero-order valence-electron chi connectivity index (χ0n) is 33.7. The fourth-order valence-electron chi connectivity index (χ4n) is 7.05. The van der Waals surface area contributed by atoms with Crippen LogP contribution in [-0.4, -0.2) is 115 Å². The summed E-state index contributed by atoms with van der Waals surface area (Å²) in [5.74, 6) is -3.01. The molecule has 326 valence electrons. The Morgan fingerprint density at radius 2 is 1.76 bits per heavy atom. The minimum atomic E-state index is -4.96. The summed E-state index contributed by atoms with van der Waals surface area (Å²) in [4.78, 5) is 61.5. The van der Waals surface area contributed by atoms with Crippen LogP contribution in [0.2, 0.25) is 0 Å². The van der Waals surface area contributed by atoms with Crippen LogP contribution in [0.15, 0.2) is 42.6 Å². The Bertz CT molecular complexity index is 2050. The van der Waals surface area contributed by atoms with E-state index in [1.54, 1.807) is 50.3 Å². The van der Waals surface area contributed by atoms with Crippen molar-refractivity contribution < 1.29 is 64.1 Å². The molecule has 1 aliphatic heterocycles. The minimum Gasteiger partial charge on any atom is -0.494 e. The number of alkyl carbamates (subject to hydrolysis) is 1. The van der Waals surface area contributed by atoms with Gasteiger partial charge in [0.1, 0.15) is 40.9 Å². The number of carbonyl (C=O) groups excluding carboxylic acids is 4. The molecule has 1 saturated heterocycles. The van der Waals surface area contributed by atoms with E-state index in [4.69, 9.17) is 18.9 Å². The number of hydrogen-bond donors (Lipinski definition) is 3. The third-order valence-corrected chi connectivity index (χ3v) is 13.1. The van der Waals surface area contributed by atoms with Gasteiger partial charge in [-0.2, -0.15) is 13.2 Å². The van der Waals surface area contributed by atoms with Crippen LogP contribution in [0.3, 0.4) is 0 Å². The molecule has 3 aliphatic rings. The van der Waals surface area contributed by atoms with Crippen LogP contribution in [0, 0.1) is 5.92 Å². The molecule has 15 nitrogen and oxygen atoms in total. The first kappa shape index (κ1) is 45.4. The first-order valence-electron chi connectivity index (χ1n) is 19.4. The Kier molecular flexibility index (Phi) is 13.4. The number of likely N-dealkylation sites (tertiary alicyclic amines) is 1. The predicted molar refractivity (Wildman–Crippen MR) is 205 cm³/mol. The van der Waals surface area contributed by atoms with Gasteiger partial charge in [0.2, 0.25) is 33.3 Å². The molecule has 2 aromatic rings. The molecule has 5 rings (SSSR count). The van der Waals surface area contributed by atoms with Crippen LogP contribution in [0.4, 0.5) is 22.4 Å². The van der Waals surface area contributed by atoms with Gasteiger partial charge in [0.15, 0.2) is 0 Å². The van der Waals surface area contributed by atoms with E-state index in [0.29, 0.717) is 36.8 Å². The topological polar surface area (TPSA) is 192 Å². The first-order valence-corrected chi connectivity index (χ1v) is 20.9. The number of carbonyl (C=O) groups is 4. The van der Waals surface area contributed by atoms with Crippen molar-refractivity contribution in [3.05, 3.63) is 42.6 Å².